The van der Waals surface area contributed by atoms with Gasteiger partial charge in [-0.25, -0.2) is 0 Å². The van der Waals surface area contributed by atoms with E-state index in [4.69, 9.17) is 14.6 Å². The van der Waals surface area contributed by atoms with Gasteiger partial charge in [-0.2, -0.15) is 0 Å². The summed E-state index contributed by atoms with van der Waals surface area (Å²) in [5.41, 5.74) is 6.83. The van der Waals surface area contributed by atoms with E-state index in [1.807, 2.05) is 6.07 Å². The third kappa shape index (κ3) is 6.27. The highest BCUT2D eigenvalue weighted by Crippen LogP contribution is 2.32. The van der Waals surface area contributed by atoms with Crippen molar-refractivity contribution in [2.75, 3.05) is 6.54 Å². The average Bonchev–Trinajstić information content (AvgIpc) is 2.18. The first-order valence-electron chi connectivity index (χ1n) is 6.82. The lowest BCUT2D eigenvalue weighted by Gasteiger charge is -2.26. The Hall–Kier alpha value is -0.786. The van der Waals surface area contributed by atoms with Gasteiger partial charge in [0.25, 0.3) is 0 Å². The van der Waals surface area contributed by atoms with E-state index in [9.17, 15) is 0 Å². The highest BCUT2D eigenvalue weighted by molar-refractivity contribution is 6.71. The van der Waals surface area contributed by atoms with Crippen LogP contribution in [-0.2, 0) is 6.42 Å². The summed E-state index contributed by atoms with van der Waals surface area (Å²) in [5.74, 6) is 1.76. The van der Waals surface area contributed by atoms with Crippen molar-refractivity contribution in [3.63, 3.8) is 0 Å². The van der Waals surface area contributed by atoms with Gasteiger partial charge in [-0.05, 0) is 69.9 Å². The molecular formula is C14H27NO2Si2. The lowest BCUT2D eigenvalue weighted by atomic mass is 10.1. The minimum atomic E-state index is -1.65. The van der Waals surface area contributed by atoms with E-state index in [1.54, 1.807) is 0 Å². The zero-order chi connectivity index (χ0) is 14.7. The van der Waals surface area contributed by atoms with Gasteiger partial charge < -0.3 is 14.6 Å². The molecule has 0 bridgehead atoms. The van der Waals surface area contributed by atoms with Crippen LogP contribution < -0.4 is 14.6 Å². The molecule has 0 aliphatic carbocycles. The number of rotatable bonds is 6. The normalized spacial score (nSPS) is 12.4. The Labute approximate surface area is 119 Å². The molecule has 5 heteroatoms. The highest BCUT2D eigenvalue weighted by Gasteiger charge is 2.22. The number of nitrogens with two attached hydrogens (primary N) is 1. The van der Waals surface area contributed by atoms with Crippen LogP contribution in [0.15, 0.2) is 18.2 Å². The van der Waals surface area contributed by atoms with Crippen molar-refractivity contribution >= 4 is 16.6 Å². The maximum absolute atomic E-state index is 6.16. The van der Waals surface area contributed by atoms with Crippen molar-refractivity contribution in [1.29, 1.82) is 0 Å². The molecule has 0 aliphatic heterocycles. The van der Waals surface area contributed by atoms with Crippen LogP contribution in [0.5, 0.6) is 11.5 Å². The first-order valence-corrected chi connectivity index (χ1v) is 13.6. The fraction of sp³-hybridized carbons (Fsp3) is 0.571. The summed E-state index contributed by atoms with van der Waals surface area (Å²) in [6.07, 6.45) is 0.870. The molecule has 108 valence electrons. The summed E-state index contributed by atoms with van der Waals surface area (Å²) in [6.45, 7) is 13.7. The van der Waals surface area contributed by atoms with Crippen LogP contribution in [0.25, 0.3) is 0 Å². The molecule has 0 amide bonds. The average molecular weight is 298 g/mol. The molecular weight excluding hydrogens is 270 g/mol. The third-order valence-corrected chi connectivity index (χ3v) is 3.94. The van der Waals surface area contributed by atoms with Gasteiger partial charge in [0, 0.05) is 0 Å². The predicted molar refractivity (Wildman–Crippen MR) is 87.1 cm³/mol. The lowest BCUT2D eigenvalue weighted by molar-refractivity contribution is 0.488. The van der Waals surface area contributed by atoms with Gasteiger partial charge >= 0.3 is 0 Å². The SMILES string of the molecule is C[Si](C)(C)Oc1ccc(CCN)cc1O[Si](C)(C)C. The first kappa shape index (κ1) is 16.3. The Morgan fingerprint density at radius 2 is 1.42 bits per heavy atom. The summed E-state index contributed by atoms with van der Waals surface area (Å²) in [4.78, 5) is 0. The Balaban J connectivity index is 3.07. The summed E-state index contributed by atoms with van der Waals surface area (Å²) >= 11 is 0. The number of benzene rings is 1. The van der Waals surface area contributed by atoms with Gasteiger partial charge in [0.1, 0.15) is 11.5 Å². The molecule has 2 N–H and O–H groups in total. The largest absolute Gasteiger partial charge is 0.542 e. The predicted octanol–water partition coefficient (Wildman–Crippen LogP) is 3.62. The van der Waals surface area contributed by atoms with Gasteiger partial charge in [0.2, 0.25) is 16.6 Å². The van der Waals surface area contributed by atoms with Crippen LogP contribution in [0, 0.1) is 0 Å². The molecule has 0 aliphatic rings. The molecule has 0 unspecified atom stereocenters. The molecule has 0 radical (unpaired) electrons. The molecule has 0 saturated heterocycles. The molecule has 1 aromatic carbocycles. The summed E-state index contributed by atoms with van der Waals surface area (Å²) in [6, 6.07) is 6.19. The summed E-state index contributed by atoms with van der Waals surface area (Å²) in [5, 5.41) is 0. The van der Waals surface area contributed by atoms with Crippen molar-refractivity contribution in [3.05, 3.63) is 23.8 Å². The fourth-order valence-corrected chi connectivity index (χ4v) is 3.35. The topological polar surface area (TPSA) is 44.5 Å². The molecule has 1 rings (SSSR count). The molecule has 3 nitrogen and oxygen atoms in total. The maximum Gasteiger partial charge on any atom is 0.242 e. The van der Waals surface area contributed by atoms with E-state index in [1.165, 1.54) is 5.56 Å². The highest BCUT2D eigenvalue weighted by atomic mass is 28.4. The van der Waals surface area contributed by atoms with Gasteiger partial charge in [-0.3, -0.25) is 0 Å². The standard InChI is InChI=1S/C14H27NO2Si2/c1-18(2,3)16-13-8-7-12(9-10-15)11-14(13)17-19(4,5)6/h7-8,11H,9-10,15H2,1-6H3. The summed E-state index contributed by atoms with van der Waals surface area (Å²) in [7, 11) is -3.28. The molecule has 19 heavy (non-hydrogen) atoms. The zero-order valence-corrected chi connectivity index (χ0v) is 15.0. The minimum absolute atomic E-state index is 0.653. The Morgan fingerprint density at radius 1 is 0.895 bits per heavy atom. The molecule has 0 spiro atoms. The van der Waals surface area contributed by atoms with Gasteiger partial charge in [0.15, 0.2) is 0 Å². The van der Waals surface area contributed by atoms with Crippen LogP contribution >= 0.6 is 0 Å². The lowest BCUT2D eigenvalue weighted by Crippen LogP contribution is -2.32. The maximum atomic E-state index is 6.16. The van der Waals surface area contributed by atoms with Crippen LogP contribution in [-0.4, -0.2) is 23.2 Å². The Kier molecular flexibility index (Phi) is 5.23. The van der Waals surface area contributed by atoms with E-state index < -0.39 is 16.6 Å². The Morgan fingerprint density at radius 3 is 1.89 bits per heavy atom. The Bertz CT molecular complexity index is 422. The van der Waals surface area contributed by atoms with E-state index >= 15 is 0 Å². The van der Waals surface area contributed by atoms with Gasteiger partial charge in [0.05, 0.1) is 0 Å². The van der Waals surface area contributed by atoms with E-state index in [2.05, 4.69) is 51.4 Å². The molecule has 0 heterocycles. The van der Waals surface area contributed by atoms with Gasteiger partial charge in [-0.1, -0.05) is 6.07 Å². The van der Waals surface area contributed by atoms with E-state index in [0.717, 1.165) is 17.9 Å². The third-order valence-electron chi connectivity index (χ3n) is 2.27. The monoisotopic (exact) mass is 297 g/mol. The first-order chi connectivity index (χ1) is 8.61. The van der Waals surface area contributed by atoms with Crippen molar-refractivity contribution < 1.29 is 8.85 Å². The van der Waals surface area contributed by atoms with E-state index in [0.29, 0.717) is 6.54 Å². The smallest absolute Gasteiger partial charge is 0.242 e. The number of hydrogen-bond donors (Lipinski definition) is 1. The second-order valence-electron chi connectivity index (χ2n) is 6.75. The van der Waals surface area contributed by atoms with Crippen molar-refractivity contribution in [3.8, 4) is 11.5 Å². The molecule has 0 atom stereocenters. The molecule has 0 saturated carbocycles. The van der Waals surface area contributed by atoms with Crippen LogP contribution in [0.4, 0.5) is 0 Å². The minimum Gasteiger partial charge on any atom is -0.542 e. The molecule has 0 fully saturated rings. The van der Waals surface area contributed by atoms with Crippen LogP contribution in [0.2, 0.25) is 39.3 Å². The van der Waals surface area contributed by atoms with Crippen molar-refractivity contribution in [2.24, 2.45) is 5.73 Å². The zero-order valence-electron chi connectivity index (χ0n) is 13.0. The summed E-state index contributed by atoms with van der Waals surface area (Å²) < 4.78 is 12.3. The van der Waals surface area contributed by atoms with Crippen LogP contribution in [0.1, 0.15) is 5.56 Å². The second kappa shape index (κ2) is 6.11. The van der Waals surface area contributed by atoms with Crippen LogP contribution in [0.3, 0.4) is 0 Å². The quantitative estimate of drug-likeness (QED) is 0.816. The van der Waals surface area contributed by atoms with Crippen molar-refractivity contribution in [2.45, 2.75) is 45.7 Å². The van der Waals surface area contributed by atoms with E-state index in [-0.39, 0.29) is 0 Å². The fourth-order valence-electron chi connectivity index (χ4n) is 1.70. The molecule has 0 aromatic heterocycles. The second-order valence-corrected chi connectivity index (χ2v) is 15.6. The number of hydrogen-bond acceptors (Lipinski definition) is 3. The van der Waals surface area contributed by atoms with Crippen molar-refractivity contribution in [1.82, 2.24) is 0 Å². The molecule has 1 aromatic rings. The van der Waals surface area contributed by atoms with Gasteiger partial charge in [-0.15, -0.1) is 0 Å².